The minimum absolute atomic E-state index is 0.123. The van der Waals surface area contributed by atoms with Crippen molar-refractivity contribution in [2.75, 3.05) is 6.61 Å². The molecule has 0 spiro atoms. The number of thiophene rings is 1. The molecule has 0 atom stereocenters. The van der Waals surface area contributed by atoms with E-state index in [4.69, 9.17) is 0 Å². The van der Waals surface area contributed by atoms with Crippen molar-refractivity contribution in [1.82, 2.24) is 4.72 Å². The molecule has 0 bridgehead atoms. The van der Waals surface area contributed by atoms with Crippen LogP contribution in [0.5, 0.6) is 0 Å². The Morgan fingerprint density at radius 1 is 1.44 bits per heavy atom. The van der Waals surface area contributed by atoms with Crippen molar-refractivity contribution in [3.63, 3.8) is 0 Å². The number of hydrogen-bond acceptors (Lipinski definition) is 5. The molecular formula is C9H13NO4S2. The van der Waals surface area contributed by atoms with Crippen LogP contribution in [0.25, 0.3) is 0 Å². The van der Waals surface area contributed by atoms with Gasteiger partial charge >= 0.3 is 6.09 Å². The van der Waals surface area contributed by atoms with Gasteiger partial charge in [-0.15, -0.1) is 11.3 Å². The molecule has 1 rings (SSSR count). The Morgan fingerprint density at radius 2 is 2.12 bits per heavy atom. The molecular weight excluding hydrogens is 250 g/mol. The van der Waals surface area contributed by atoms with E-state index in [0.717, 1.165) is 22.6 Å². The molecule has 0 aliphatic rings. The lowest BCUT2D eigenvalue weighted by atomic mass is 10.4. The number of amides is 1. The molecule has 1 heterocycles. The first kappa shape index (κ1) is 13.0. The van der Waals surface area contributed by atoms with Crippen molar-refractivity contribution in [2.45, 2.75) is 24.5 Å². The summed E-state index contributed by atoms with van der Waals surface area (Å²) in [5, 5.41) is 0. The van der Waals surface area contributed by atoms with Crippen LogP contribution in [-0.2, 0) is 21.2 Å². The average molecular weight is 263 g/mol. The van der Waals surface area contributed by atoms with Crippen LogP contribution in [0.4, 0.5) is 4.79 Å². The molecule has 0 aliphatic heterocycles. The Balaban J connectivity index is 2.81. The number of sulfonamides is 1. The molecule has 1 N–H and O–H groups in total. The van der Waals surface area contributed by atoms with E-state index in [1.165, 1.54) is 6.07 Å². The van der Waals surface area contributed by atoms with Crippen LogP contribution in [0.1, 0.15) is 18.7 Å². The van der Waals surface area contributed by atoms with Gasteiger partial charge in [0.2, 0.25) is 0 Å². The van der Waals surface area contributed by atoms with Crippen molar-refractivity contribution in [2.24, 2.45) is 0 Å². The quantitative estimate of drug-likeness (QED) is 0.898. The summed E-state index contributed by atoms with van der Waals surface area (Å²) in [5.41, 5.74) is 0. The summed E-state index contributed by atoms with van der Waals surface area (Å²) in [6.07, 6.45) is -0.187. The highest BCUT2D eigenvalue weighted by Gasteiger charge is 2.20. The number of nitrogens with one attached hydrogen (secondary N) is 1. The molecule has 0 fully saturated rings. The predicted octanol–water partition coefficient (Wildman–Crippen LogP) is 1.75. The number of ether oxygens (including phenoxy) is 1. The Labute approximate surface area is 98.5 Å². The number of carbonyl (C=O) groups excluding carboxylic acids is 1. The van der Waals surface area contributed by atoms with Gasteiger partial charge in [0.25, 0.3) is 10.0 Å². The van der Waals surface area contributed by atoms with E-state index in [0.29, 0.717) is 0 Å². The predicted molar refractivity (Wildman–Crippen MR) is 61.0 cm³/mol. The number of rotatable bonds is 4. The Kier molecular flexibility index (Phi) is 4.31. The highest BCUT2D eigenvalue weighted by molar-refractivity contribution is 7.92. The first-order chi connectivity index (χ1) is 7.49. The van der Waals surface area contributed by atoms with Gasteiger partial charge in [-0.2, -0.15) is 0 Å². The van der Waals surface area contributed by atoms with Gasteiger partial charge < -0.3 is 4.74 Å². The Bertz CT molecular complexity index is 464. The number of aryl methyl sites for hydroxylation is 1. The third-order valence-corrected chi connectivity index (χ3v) is 4.78. The SMILES string of the molecule is CCOC(=O)NS(=O)(=O)c1ccc(CC)s1. The van der Waals surface area contributed by atoms with Crippen molar-refractivity contribution < 1.29 is 17.9 Å². The molecule has 5 nitrogen and oxygen atoms in total. The first-order valence-electron chi connectivity index (χ1n) is 4.78. The van der Waals surface area contributed by atoms with Gasteiger partial charge in [-0.3, -0.25) is 0 Å². The van der Waals surface area contributed by atoms with E-state index in [1.807, 2.05) is 11.6 Å². The van der Waals surface area contributed by atoms with E-state index in [2.05, 4.69) is 4.74 Å². The van der Waals surface area contributed by atoms with Crippen LogP contribution in [0.15, 0.2) is 16.3 Å². The zero-order chi connectivity index (χ0) is 12.2. The average Bonchev–Trinajstić information content (AvgIpc) is 2.65. The van der Waals surface area contributed by atoms with E-state index < -0.39 is 16.1 Å². The fourth-order valence-corrected chi connectivity index (χ4v) is 3.20. The number of carbonyl (C=O) groups is 1. The molecule has 0 unspecified atom stereocenters. The maximum atomic E-state index is 11.6. The summed E-state index contributed by atoms with van der Waals surface area (Å²) in [6, 6.07) is 3.20. The smallest absolute Gasteiger partial charge is 0.421 e. The highest BCUT2D eigenvalue weighted by atomic mass is 32.2. The zero-order valence-corrected chi connectivity index (χ0v) is 10.7. The van der Waals surface area contributed by atoms with Crippen LogP contribution in [0.2, 0.25) is 0 Å². The fraction of sp³-hybridized carbons (Fsp3) is 0.444. The third kappa shape index (κ3) is 3.21. The molecule has 0 aliphatic carbocycles. The van der Waals surface area contributed by atoms with Crippen molar-refractivity contribution in [3.05, 3.63) is 17.0 Å². The standard InChI is InChI=1S/C9H13NO4S2/c1-3-7-5-6-8(15-7)16(12,13)10-9(11)14-4-2/h5-6H,3-4H2,1-2H3,(H,10,11). The molecule has 0 saturated heterocycles. The summed E-state index contributed by atoms with van der Waals surface area (Å²) in [7, 11) is -3.78. The molecule has 0 aromatic carbocycles. The Morgan fingerprint density at radius 3 is 2.62 bits per heavy atom. The molecule has 16 heavy (non-hydrogen) atoms. The maximum Gasteiger partial charge on any atom is 0.421 e. The second-order valence-corrected chi connectivity index (χ2v) is 5.98. The lowest BCUT2D eigenvalue weighted by Gasteiger charge is -2.04. The molecule has 1 amide bonds. The van der Waals surface area contributed by atoms with Crippen LogP contribution in [0, 0.1) is 0 Å². The molecule has 1 aromatic rings. The van der Waals surface area contributed by atoms with Gasteiger partial charge in [-0.05, 0) is 25.5 Å². The number of hydrogen-bond donors (Lipinski definition) is 1. The largest absolute Gasteiger partial charge is 0.449 e. The van der Waals surface area contributed by atoms with Crippen molar-refractivity contribution >= 4 is 27.5 Å². The van der Waals surface area contributed by atoms with E-state index in [9.17, 15) is 13.2 Å². The van der Waals surface area contributed by atoms with Gasteiger partial charge in [0.15, 0.2) is 0 Å². The van der Waals surface area contributed by atoms with Gasteiger partial charge in [0.05, 0.1) is 6.61 Å². The third-order valence-electron chi connectivity index (χ3n) is 1.74. The summed E-state index contributed by atoms with van der Waals surface area (Å²) in [5.74, 6) is 0. The van der Waals surface area contributed by atoms with E-state index >= 15 is 0 Å². The molecule has 1 aromatic heterocycles. The van der Waals surface area contributed by atoms with E-state index in [1.54, 1.807) is 13.0 Å². The van der Waals surface area contributed by atoms with Gasteiger partial charge in [0.1, 0.15) is 4.21 Å². The van der Waals surface area contributed by atoms with Gasteiger partial charge in [0, 0.05) is 4.88 Å². The highest BCUT2D eigenvalue weighted by Crippen LogP contribution is 2.21. The van der Waals surface area contributed by atoms with E-state index in [-0.39, 0.29) is 10.8 Å². The summed E-state index contributed by atoms with van der Waals surface area (Å²) < 4.78 is 29.8. The monoisotopic (exact) mass is 263 g/mol. The van der Waals surface area contributed by atoms with Crippen LogP contribution < -0.4 is 4.72 Å². The van der Waals surface area contributed by atoms with Crippen LogP contribution in [-0.4, -0.2) is 21.1 Å². The fourth-order valence-electron chi connectivity index (χ4n) is 1.01. The van der Waals surface area contributed by atoms with Gasteiger partial charge in [-0.25, -0.2) is 17.9 Å². The second kappa shape index (κ2) is 5.31. The second-order valence-electron chi connectivity index (χ2n) is 2.90. The minimum Gasteiger partial charge on any atom is -0.449 e. The summed E-state index contributed by atoms with van der Waals surface area (Å²) >= 11 is 1.14. The maximum absolute atomic E-state index is 11.6. The van der Waals surface area contributed by atoms with Gasteiger partial charge in [-0.1, -0.05) is 6.92 Å². The molecule has 7 heteroatoms. The lowest BCUT2D eigenvalue weighted by Crippen LogP contribution is -2.30. The lowest BCUT2D eigenvalue weighted by molar-refractivity contribution is 0.158. The van der Waals surface area contributed by atoms with Crippen molar-refractivity contribution in [3.8, 4) is 0 Å². The Hall–Kier alpha value is -1.08. The minimum atomic E-state index is -3.78. The summed E-state index contributed by atoms with van der Waals surface area (Å²) in [4.78, 5) is 11.9. The topological polar surface area (TPSA) is 72.5 Å². The van der Waals surface area contributed by atoms with Crippen LogP contribution >= 0.6 is 11.3 Å². The molecule has 0 saturated carbocycles. The molecule has 90 valence electrons. The first-order valence-corrected chi connectivity index (χ1v) is 7.07. The van der Waals surface area contributed by atoms with Crippen molar-refractivity contribution in [1.29, 1.82) is 0 Å². The molecule has 0 radical (unpaired) electrons. The van der Waals surface area contributed by atoms with Crippen LogP contribution in [0.3, 0.4) is 0 Å². The zero-order valence-electron chi connectivity index (χ0n) is 9.02. The normalized spacial score (nSPS) is 11.1. The summed E-state index contributed by atoms with van der Waals surface area (Å²) in [6.45, 7) is 3.67.